The van der Waals surface area contributed by atoms with Gasteiger partial charge in [0, 0.05) is 24.2 Å². The zero-order valence-corrected chi connectivity index (χ0v) is 10.9. The third-order valence-electron chi connectivity index (χ3n) is 3.46. The van der Waals surface area contributed by atoms with Gasteiger partial charge in [0.1, 0.15) is 0 Å². The van der Waals surface area contributed by atoms with E-state index in [9.17, 15) is 9.90 Å². The Morgan fingerprint density at radius 2 is 2.15 bits per heavy atom. The number of aliphatic hydroxyl groups excluding tert-OH is 1. The summed E-state index contributed by atoms with van der Waals surface area (Å²) in [6.45, 7) is 1.18. The first-order valence-electron chi connectivity index (χ1n) is 6.55. The summed E-state index contributed by atoms with van der Waals surface area (Å²) in [6.07, 6.45) is 0.983. The number of hydrogen-bond acceptors (Lipinski definition) is 5. The normalized spacial score (nSPS) is 16.4. The van der Waals surface area contributed by atoms with Crippen LogP contribution in [0.3, 0.4) is 0 Å². The summed E-state index contributed by atoms with van der Waals surface area (Å²) in [5.41, 5.74) is 1.35. The van der Waals surface area contributed by atoms with Gasteiger partial charge < -0.3 is 10.0 Å². The molecule has 7 heteroatoms. The first kappa shape index (κ1) is 12.7. The Labute approximate surface area is 115 Å². The molecule has 104 valence electrons. The number of aliphatic hydroxyl groups is 1. The minimum Gasteiger partial charge on any atom is -0.393 e. The third-order valence-corrected chi connectivity index (χ3v) is 3.46. The van der Waals surface area contributed by atoms with E-state index in [0.717, 1.165) is 5.56 Å². The van der Waals surface area contributed by atoms with Gasteiger partial charge in [-0.15, -0.1) is 10.2 Å². The number of rotatable bonds is 2. The summed E-state index contributed by atoms with van der Waals surface area (Å²) in [6, 6.07) is 7.18. The Balaban J connectivity index is 1.80. The van der Waals surface area contributed by atoms with Gasteiger partial charge in [0.15, 0.2) is 0 Å². The van der Waals surface area contributed by atoms with Crippen molar-refractivity contribution in [2.45, 2.75) is 18.9 Å². The molecule has 0 spiro atoms. The number of likely N-dealkylation sites (tertiary alicyclic amines) is 1. The van der Waals surface area contributed by atoms with Gasteiger partial charge in [-0.3, -0.25) is 4.79 Å². The average molecular weight is 273 g/mol. The molecule has 0 unspecified atom stereocenters. The molecule has 1 aromatic heterocycles. The molecule has 20 heavy (non-hydrogen) atoms. The zero-order chi connectivity index (χ0) is 13.9. The maximum absolute atomic E-state index is 12.4. The van der Waals surface area contributed by atoms with E-state index in [4.69, 9.17) is 0 Å². The molecule has 2 aromatic rings. The van der Waals surface area contributed by atoms with Crippen LogP contribution in [0.4, 0.5) is 0 Å². The first-order valence-corrected chi connectivity index (χ1v) is 6.55. The van der Waals surface area contributed by atoms with Crippen LogP contribution < -0.4 is 0 Å². The molecule has 0 aliphatic carbocycles. The van der Waals surface area contributed by atoms with E-state index in [1.54, 1.807) is 23.1 Å². The van der Waals surface area contributed by atoms with E-state index in [1.807, 2.05) is 6.07 Å². The van der Waals surface area contributed by atoms with Gasteiger partial charge in [0.05, 0.1) is 6.10 Å². The van der Waals surface area contributed by atoms with Crippen LogP contribution in [0.5, 0.6) is 0 Å². The lowest BCUT2D eigenvalue weighted by atomic mass is 10.1. The molecule has 0 atom stereocenters. The van der Waals surface area contributed by atoms with E-state index in [2.05, 4.69) is 20.6 Å². The SMILES string of the molecule is O=C(c1cccc(-c2nn[nH]n2)c1)N1CCC(O)CC1. The van der Waals surface area contributed by atoms with E-state index in [0.29, 0.717) is 37.3 Å². The number of carbonyl (C=O) groups is 1. The smallest absolute Gasteiger partial charge is 0.253 e. The molecule has 1 saturated heterocycles. The van der Waals surface area contributed by atoms with Crippen LogP contribution in [-0.4, -0.2) is 55.7 Å². The standard InChI is InChI=1S/C13H15N5O2/c19-11-4-6-18(7-5-11)13(20)10-3-1-2-9(8-10)12-14-16-17-15-12/h1-3,8,11,19H,4-7H2,(H,14,15,16,17). The Hall–Kier alpha value is -2.28. The highest BCUT2D eigenvalue weighted by Gasteiger charge is 2.22. The molecule has 2 N–H and O–H groups in total. The van der Waals surface area contributed by atoms with Gasteiger partial charge in [-0.05, 0) is 30.2 Å². The van der Waals surface area contributed by atoms with Crippen molar-refractivity contribution in [3.8, 4) is 11.4 Å². The topological polar surface area (TPSA) is 95.0 Å². The summed E-state index contributed by atoms with van der Waals surface area (Å²) in [7, 11) is 0. The predicted molar refractivity (Wildman–Crippen MR) is 70.8 cm³/mol. The second-order valence-electron chi connectivity index (χ2n) is 4.84. The molecular formula is C13H15N5O2. The monoisotopic (exact) mass is 273 g/mol. The number of H-pyrrole nitrogens is 1. The second-order valence-corrected chi connectivity index (χ2v) is 4.84. The number of nitrogens with zero attached hydrogens (tertiary/aromatic N) is 4. The van der Waals surface area contributed by atoms with Crippen LogP contribution in [0.15, 0.2) is 24.3 Å². The lowest BCUT2D eigenvalue weighted by molar-refractivity contribution is 0.0546. The fraction of sp³-hybridized carbons (Fsp3) is 0.385. The van der Waals surface area contributed by atoms with Gasteiger partial charge in [0.25, 0.3) is 5.91 Å². The summed E-state index contributed by atoms with van der Waals surface area (Å²) in [5.74, 6) is 0.441. The molecule has 7 nitrogen and oxygen atoms in total. The molecule has 1 aliphatic rings. The molecule has 0 bridgehead atoms. The quantitative estimate of drug-likeness (QED) is 0.829. The summed E-state index contributed by atoms with van der Waals surface area (Å²) in [5, 5.41) is 23.2. The molecule has 3 rings (SSSR count). The Morgan fingerprint density at radius 1 is 1.35 bits per heavy atom. The summed E-state index contributed by atoms with van der Waals surface area (Å²) >= 11 is 0. The van der Waals surface area contributed by atoms with E-state index in [-0.39, 0.29) is 12.0 Å². The fourth-order valence-corrected chi connectivity index (χ4v) is 2.33. The minimum atomic E-state index is -0.287. The Kier molecular flexibility index (Phi) is 3.42. The van der Waals surface area contributed by atoms with Crippen molar-refractivity contribution in [2.24, 2.45) is 0 Å². The van der Waals surface area contributed by atoms with E-state index < -0.39 is 0 Å². The Bertz CT molecular complexity index is 591. The van der Waals surface area contributed by atoms with Crippen LogP contribution >= 0.6 is 0 Å². The maximum Gasteiger partial charge on any atom is 0.253 e. The number of nitrogens with one attached hydrogen (secondary N) is 1. The third kappa shape index (κ3) is 2.53. The highest BCUT2D eigenvalue weighted by molar-refractivity contribution is 5.95. The molecule has 0 radical (unpaired) electrons. The molecule has 1 fully saturated rings. The highest BCUT2D eigenvalue weighted by Crippen LogP contribution is 2.18. The van der Waals surface area contributed by atoms with Gasteiger partial charge in [-0.1, -0.05) is 12.1 Å². The van der Waals surface area contributed by atoms with E-state index in [1.165, 1.54) is 0 Å². The molecule has 1 aromatic carbocycles. The van der Waals surface area contributed by atoms with Gasteiger partial charge >= 0.3 is 0 Å². The number of aromatic amines is 1. The number of hydrogen-bond donors (Lipinski definition) is 2. The van der Waals surface area contributed by atoms with Crippen LogP contribution in [0.2, 0.25) is 0 Å². The zero-order valence-electron chi connectivity index (χ0n) is 10.9. The lowest BCUT2D eigenvalue weighted by Gasteiger charge is -2.29. The van der Waals surface area contributed by atoms with Gasteiger partial charge in [0.2, 0.25) is 5.82 Å². The van der Waals surface area contributed by atoms with Crippen molar-refractivity contribution in [3.05, 3.63) is 29.8 Å². The molecule has 1 amide bonds. The van der Waals surface area contributed by atoms with Crippen LogP contribution in [-0.2, 0) is 0 Å². The van der Waals surface area contributed by atoms with Crippen LogP contribution in [0.1, 0.15) is 23.2 Å². The number of tetrazole rings is 1. The summed E-state index contributed by atoms with van der Waals surface area (Å²) < 4.78 is 0. The molecule has 2 heterocycles. The van der Waals surface area contributed by atoms with Crippen molar-refractivity contribution < 1.29 is 9.90 Å². The predicted octanol–water partition coefficient (Wildman–Crippen LogP) is 0.464. The second kappa shape index (κ2) is 5.38. The molecular weight excluding hydrogens is 258 g/mol. The van der Waals surface area contributed by atoms with Crippen molar-refractivity contribution >= 4 is 5.91 Å². The van der Waals surface area contributed by atoms with Crippen molar-refractivity contribution in [1.82, 2.24) is 25.5 Å². The number of benzene rings is 1. The van der Waals surface area contributed by atoms with Crippen molar-refractivity contribution in [1.29, 1.82) is 0 Å². The number of aromatic nitrogens is 4. The Morgan fingerprint density at radius 3 is 2.85 bits per heavy atom. The molecule has 1 aliphatic heterocycles. The lowest BCUT2D eigenvalue weighted by Crippen LogP contribution is -2.40. The minimum absolute atomic E-state index is 0.0257. The summed E-state index contributed by atoms with van der Waals surface area (Å²) in [4.78, 5) is 14.2. The first-order chi connectivity index (χ1) is 9.74. The maximum atomic E-state index is 12.4. The number of piperidine rings is 1. The van der Waals surface area contributed by atoms with Gasteiger partial charge in [-0.2, -0.15) is 5.21 Å². The van der Waals surface area contributed by atoms with Crippen molar-refractivity contribution in [2.75, 3.05) is 13.1 Å². The molecule has 0 saturated carbocycles. The van der Waals surface area contributed by atoms with E-state index >= 15 is 0 Å². The van der Waals surface area contributed by atoms with Crippen LogP contribution in [0, 0.1) is 0 Å². The average Bonchev–Trinajstić information content (AvgIpc) is 3.02. The largest absolute Gasteiger partial charge is 0.393 e. The van der Waals surface area contributed by atoms with Crippen LogP contribution in [0.25, 0.3) is 11.4 Å². The number of amides is 1. The fourth-order valence-electron chi connectivity index (χ4n) is 2.33. The highest BCUT2D eigenvalue weighted by atomic mass is 16.3. The number of carbonyl (C=O) groups excluding carboxylic acids is 1. The van der Waals surface area contributed by atoms with Gasteiger partial charge in [-0.25, -0.2) is 0 Å². The van der Waals surface area contributed by atoms with Crippen molar-refractivity contribution in [3.63, 3.8) is 0 Å².